The zero-order valence-corrected chi connectivity index (χ0v) is 14.7. The van der Waals surface area contributed by atoms with E-state index in [-0.39, 0.29) is 28.8 Å². The van der Waals surface area contributed by atoms with Gasteiger partial charge in [0.25, 0.3) is 5.56 Å². The molecule has 24 heavy (non-hydrogen) atoms. The molecule has 0 bridgehead atoms. The van der Waals surface area contributed by atoms with Gasteiger partial charge >= 0.3 is 0 Å². The van der Waals surface area contributed by atoms with E-state index in [9.17, 15) is 13.2 Å². The maximum Gasteiger partial charge on any atom is 0.285 e. The fraction of sp³-hybridized carbons (Fsp3) is 0.462. The summed E-state index contributed by atoms with van der Waals surface area (Å²) in [4.78, 5) is 13.5. The van der Waals surface area contributed by atoms with Crippen molar-refractivity contribution < 1.29 is 12.9 Å². The van der Waals surface area contributed by atoms with Crippen LogP contribution in [0.1, 0.15) is 11.5 Å². The molecule has 0 saturated carbocycles. The van der Waals surface area contributed by atoms with Gasteiger partial charge in [0, 0.05) is 26.2 Å². The molecule has 0 radical (unpaired) electrons. The molecule has 11 heteroatoms. The Morgan fingerprint density at radius 2 is 1.92 bits per heavy atom. The van der Waals surface area contributed by atoms with E-state index in [1.54, 1.807) is 13.8 Å². The lowest BCUT2D eigenvalue weighted by atomic mass is 10.3. The van der Waals surface area contributed by atoms with Crippen molar-refractivity contribution in [2.24, 2.45) is 0 Å². The minimum Gasteiger partial charge on any atom is -0.366 e. The first-order valence-corrected chi connectivity index (χ1v) is 9.05. The highest BCUT2D eigenvalue weighted by Gasteiger charge is 2.33. The highest BCUT2D eigenvalue weighted by molar-refractivity contribution is 7.89. The van der Waals surface area contributed by atoms with E-state index < -0.39 is 15.6 Å². The van der Waals surface area contributed by atoms with E-state index in [4.69, 9.17) is 16.1 Å². The lowest BCUT2D eigenvalue weighted by Gasteiger charge is -2.35. The Kier molecular flexibility index (Phi) is 4.37. The third-order valence-electron chi connectivity index (χ3n) is 3.92. The number of piperazine rings is 1. The number of nitrogens with zero attached hydrogens (tertiary/aromatic N) is 4. The number of nitrogens with one attached hydrogen (secondary N) is 1. The number of hydrogen-bond acceptors (Lipinski definition) is 7. The van der Waals surface area contributed by atoms with Crippen LogP contribution >= 0.6 is 11.6 Å². The molecule has 0 aromatic carbocycles. The van der Waals surface area contributed by atoms with Crippen molar-refractivity contribution in [2.45, 2.75) is 18.7 Å². The van der Waals surface area contributed by atoms with Crippen molar-refractivity contribution in [2.75, 3.05) is 31.1 Å². The van der Waals surface area contributed by atoms with Crippen LogP contribution in [0.2, 0.25) is 5.02 Å². The second kappa shape index (κ2) is 6.19. The van der Waals surface area contributed by atoms with Gasteiger partial charge in [0.05, 0.1) is 11.9 Å². The predicted molar refractivity (Wildman–Crippen MR) is 86.8 cm³/mol. The summed E-state index contributed by atoms with van der Waals surface area (Å²) in [5, 5.41) is 9.75. The summed E-state index contributed by atoms with van der Waals surface area (Å²) in [6, 6.07) is 0. The first-order valence-electron chi connectivity index (χ1n) is 7.23. The van der Waals surface area contributed by atoms with Crippen molar-refractivity contribution in [3.05, 3.63) is 33.0 Å². The summed E-state index contributed by atoms with van der Waals surface area (Å²) >= 11 is 6.00. The maximum atomic E-state index is 12.8. The Morgan fingerprint density at radius 1 is 1.25 bits per heavy atom. The highest BCUT2D eigenvalue weighted by atomic mass is 35.5. The molecular formula is C13H16ClN5O4S. The maximum absolute atomic E-state index is 12.8. The van der Waals surface area contributed by atoms with Crippen molar-refractivity contribution in [1.29, 1.82) is 0 Å². The van der Waals surface area contributed by atoms with Gasteiger partial charge in [0.2, 0.25) is 10.0 Å². The number of rotatable bonds is 3. The molecule has 0 amide bonds. The second-order valence-corrected chi connectivity index (χ2v) is 7.70. The van der Waals surface area contributed by atoms with Crippen LogP contribution in [0, 0.1) is 13.8 Å². The van der Waals surface area contributed by atoms with Crippen molar-refractivity contribution >= 4 is 27.3 Å². The van der Waals surface area contributed by atoms with Gasteiger partial charge in [-0.15, -0.1) is 0 Å². The Hall–Kier alpha value is -1.91. The molecule has 0 spiro atoms. The van der Waals surface area contributed by atoms with Crippen LogP contribution in [0.25, 0.3) is 0 Å². The molecule has 3 rings (SSSR count). The van der Waals surface area contributed by atoms with E-state index >= 15 is 0 Å². The highest BCUT2D eigenvalue weighted by Crippen LogP contribution is 2.26. The van der Waals surface area contributed by atoms with E-state index in [1.807, 2.05) is 4.90 Å². The molecule has 130 valence electrons. The number of anilines is 1. The average molecular weight is 374 g/mol. The summed E-state index contributed by atoms with van der Waals surface area (Å²) in [5.74, 6) is 0.275. The van der Waals surface area contributed by atoms with Crippen molar-refractivity contribution in [1.82, 2.24) is 19.7 Å². The van der Waals surface area contributed by atoms with E-state index in [2.05, 4.69) is 15.4 Å². The zero-order chi connectivity index (χ0) is 17.5. The SMILES string of the molecule is Cc1noc(C)c1S(=O)(=O)N1CCN(c2cn[nH]c(=O)c2Cl)CC1. The molecule has 2 aromatic rings. The molecule has 0 atom stereocenters. The third kappa shape index (κ3) is 2.80. The monoisotopic (exact) mass is 373 g/mol. The number of halogens is 1. The minimum absolute atomic E-state index is 0.0482. The molecule has 9 nitrogen and oxygen atoms in total. The molecule has 3 heterocycles. The average Bonchev–Trinajstić information content (AvgIpc) is 2.89. The molecule has 0 unspecified atom stereocenters. The second-order valence-electron chi connectivity index (χ2n) is 5.44. The molecule has 1 aliphatic rings. The van der Waals surface area contributed by atoms with Gasteiger partial charge in [0.1, 0.15) is 15.6 Å². The van der Waals surface area contributed by atoms with Crippen LogP contribution < -0.4 is 10.5 Å². The summed E-state index contributed by atoms with van der Waals surface area (Å²) in [5.41, 5.74) is 0.367. The summed E-state index contributed by atoms with van der Waals surface area (Å²) in [6.07, 6.45) is 1.46. The topological polar surface area (TPSA) is 112 Å². The van der Waals surface area contributed by atoms with Gasteiger partial charge < -0.3 is 9.42 Å². The largest absolute Gasteiger partial charge is 0.366 e. The molecule has 1 N–H and O–H groups in total. The van der Waals surface area contributed by atoms with Gasteiger partial charge in [-0.25, -0.2) is 13.5 Å². The first kappa shape index (κ1) is 16.9. The Bertz CT molecular complexity index is 895. The quantitative estimate of drug-likeness (QED) is 0.835. The minimum atomic E-state index is -3.67. The zero-order valence-electron chi connectivity index (χ0n) is 13.1. The molecule has 1 fully saturated rings. The standard InChI is InChI=1S/C13H16ClN5O4S/c1-8-12(9(2)23-17-8)24(21,22)19-5-3-18(4-6-19)10-7-15-16-13(20)11(10)14/h7H,3-6H2,1-2H3,(H,16,20). The summed E-state index contributed by atoms with van der Waals surface area (Å²) < 4.78 is 31.9. The van der Waals surface area contributed by atoms with Gasteiger partial charge in [-0.3, -0.25) is 4.79 Å². The predicted octanol–water partition coefficient (Wildman–Crippen LogP) is 0.539. The Balaban J connectivity index is 1.80. The lowest BCUT2D eigenvalue weighted by molar-refractivity contribution is 0.378. The van der Waals surface area contributed by atoms with Gasteiger partial charge in [-0.05, 0) is 13.8 Å². The van der Waals surface area contributed by atoms with E-state index in [0.29, 0.717) is 24.5 Å². The number of aromatic amines is 1. The Morgan fingerprint density at radius 3 is 2.50 bits per heavy atom. The third-order valence-corrected chi connectivity index (χ3v) is 6.43. The van der Waals surface area contributed by atoms with E-state index in [0.717, 1.165) is 0 Å². The van der Waals surface area contributed by atoms with Crippen LogP contribution in [0.15, 0.2) is 20.4 Å². The molecule has 1 aliphatic heterocycles. The first-order chi connectivity index (χ1) is 11.3. The van der Waals surface area contributed by atoms with Crippen molar-refractivity contribution in [3.63, 3.8) is 0 Å². The number of hydrogen-bond donors (Lipinski definition) is 1. The van der Waals surface area contributed by atoms with Crippen LogP contribution in [0.5, 0.6) is 0 Å². The number of sulfonamides is 1. The summed E-state index contributed by atoms with van der Waals surface area (Å²) in [6.45, 7) is 4.48. The number of aromatic nitrogens is 3. The fourth-order valence-corrected chi connectivity index (χ4v) is 4.66. The number of aryl methyl sites for hydroxylation is 2. The van der Waals surface area contributed by atoms with Gasteiger partial charge in [0.15, 0.2) is 5.76 Å². The fourth-order valence-electron chi connectivity index (χ4n) is 2.74. The smallest absolute Gasteiger partial charge is 0.285 e. The molecular weight excluding hydrogens is 358 g/mol. The lowest BCUT2D eigenvalue weighted by Crippen LogP contribution is -2.49. The van der Waals surface area contributed by atoms with Crippen molar-refractivity contribution in [3.8, 4) is 0 Å². The van der Waals surface area contributed by atoms with Crippen LogP contribution in [-0.4, -0.2) is 54.3 Å². The number of H-pyrrole nitrogens is 1. The summed E-state index contributed by atoms with van der Waals surface area (Å²) in [7, 11) is -3.67. The van der Waals surface area contributed by atoms with Crippen LogP contribution in [-0.2, 0) is 10.0 Å². The van der Waals surface area contributed by atoms with Gasteiger partial charge in [-0.1, -0.05) is 16.8 Å². The molecule has 1 saturated heterocycles. The van der Waals surface area contributed by atoms with Crippen LogP contribution in [0.3, 0.4) is 0 Å². The normalized spacial score (nSPS) is 16.5. The van der Waals surface area contributed by atoms with Crippen LogP contribution in [0.4, 0.5) is 5.69 Å². The molecule has 2 aromatic heterocycles. The Labute approximate surface area is 143 Å². The molecule has 0 aliphatic carbocycles. The van der Waals surface area contributed by atoms with Gasteiger partial charge in [-0.2, -0.15) is 9.40 Å². The van der Waals surface area contributed by atoms with E-state index in [1.165, 1.54) is 10.5 Å².